The topological polar surface area (TPSA) is 38.1 Å². The lowest BCUT2D eigenvalue weighted by Crippen LogP contribution is -1.91. The van der Waals surface area contributed by atoms with Gasteiger partial charge in [-0.1, -0.05) is 0 Å². The van der Waals surface area contributed by atoms with Crippen molar-refractivity contribution in [2.75, 3.05) is 12.4 Å². The maximum absolute atomic E-state index is 5.22. The summed E-state index contributed by atoms with van der Waals surface area (Å²) in [6.45, 7) is 2.05. The van der Waals surface area contributed by atoms with Gasteiger partial charge in [0.2, 0.25) is 5.89 Å². The van der Waals surface area contributed by atoms with Crippen molar-refractivity contribution in [2.45, 2.75) is 6.92 Å². The van der Waals surface area contributed by atoms with Crippen molar-refractivity contribution in [1.29, 1.82) is 0 Å². The molecule has 3 nitrogen and oxygen atoms in total. The summed E-state index contributed by atoms with van der Waals surface area (Å²) in [5.41, 5.74) is 3.31. The highest BCUT2D eigenvalue weighted by Gasteiger charge is 2.03. The third-order valence-electron chi connectivity index (χ3n) is 2.18. The molecule has 0 fully saturated rings. The smallest absolute Gasteiger partial charge is 0.225 e. The van der Waals surface area contributed by atoms with Gasteiger partial charge in [0, 0.05) is 18.3 Å². The number of oxazole rings is 1. The van der Waals surface area contributed by atoms with Crippen LogP contribution >= 0.6 is 0 Å². The van der Waals surface area contributed by atoms with Gasteiger partial charge in [-0.2, -0.15) is 0 Å². The Bertz CT molecular complexity index is 421. The number of nitrogens with zero attached hydrogens (tertiary/aromatic N) is 1. The summed E-state index contributed by atoms with van der Waals surface area (Å²) in [5, 5.41) is 3.12. The molecule has 2 aromatic rings. The van der Waals surface area contributed by atoms with Crippen LogP contribution in [0.3, 0.4) is 0 Å². The molecule has 2 rings (SSSR count). The lowest BCUT2D eigenvalue weighted by Gasteiger charge is -2.05. The second kappa shape index (κ2) is 3.54. The van der Waals surface area contributed by atoms with Gasteiger partial charge in [-0.3, -0.25) is 0 Å². The van der Waals surface area contributed by atoms with Gasteiger partial charge in [-0.25, -0.2) is 4.98 Å². The number of nitrogens with one attached hydrogen (secondary N) is 1. The van der Waals surface area contributed by atoms with E-state index in [1.165, 1.54) is 5.56 Å². The quantitative estimate of drug-likeness (QED) is 0.787. The number of rotatable bonds is 2. The van der Waals surface area contributed by atoms with Crippen molar-refractivity contribution >= 4 is 5.69 Å². The van der Waals surface area contributed by atoms with Gasteiger partial charge >= 0.3 is 0 Å². The zero-order valence-electron chi connectivity index (χ0n) is 8.24. The van der Waals surface area contributed by atoms with Crippen LogP contribution in [0.5, 0.6) is 0 Å². The fraction of sp³-hybridized carbons (Fsp3) is 0.182. The minimum atomic E-state index is 0.663. The molecule has 0 aliphatic rings. The number of hydrogen-bond acceptors (Lipinski definition) is 3. The van der Waals surface area contributed by atoms with Crippen LogP contribution < -0.4 is 5.32 Å². The summed E-state index contributed by atoms with van der Waals surface area (Å²) >= 11 is 0. The first kappa shape index (κ1) is 8.81. The van der Waals surface area contributed by atoms with Gasteiger partial charge in [-0.05, 0) is 30.7 Å². The third-order valence-corrected chi connectivity index (χ3v) is 2.18. The van der Waals surface area contributed by atoms with Crippen molar-refractivity contribution in [3.05, 3.63) is 36.2 Å². The molecule has 1 aromatic heterocycles. The molecule has 0 saturated carbocycles. The Morgan fingerprint density at radius 3 is 2.79 bits per heavy atom. The molecule has 0 aliphatic heterocycles. The molecule has 72 valence electrons. The molecule has 1 aromatic carbocycles. The van der Waals surface area contributed by atoms with Crippen molar-refractivity contribution in [3.63, 3.8) is 0 Å². The molecule has 14 heavy (non-hydrogen) atoms. The largest absolute Gasteiger partial charge is 0.445 e. The van der Waals surface area contributed by atoms with Crippen LogP contribution in [0.25, 0.3) is 11.5 Å². The van der Waals surface area contributed by atoms with E-state index in [2.05, 4.69) is 23.3 Å². The Balaban J connectivity index is 2.43. The molecule has 1 heterocycles. The Kier molecular flexibility index (Phi) is 2.23. The van der Waals surface area contributed by atoms with Crippen molar-refractivity contribution < 1.29 is 4.42 Å². The van der Waals surface area contributed by atoms with Gasteiger partial charge in [0.15, 0.2) is 0 Å². The van der Waals surface area contributed by atoms with E-state index in [1.54, 1.807) is 12.5 Å². The first-order chi connectivity index (χ1) is 6.81. The van der Waals surface area contributed by atoms with E-state index in [-0.39, 0.29) is 0 Å². The minimum absolute atomic E-state index is 0.663. The zero-order valence-corrected chi connectivity index (χ0v) is 8.24. The van der Waals surface area contributed by atoms with Crippen LogP contribution in [0.1, 0.15) is 5.56 Å². The molecule has 0 aliphatic carbocycles. The molecular formula is C11H12N2O. The fourth-order valence-corrected chi connectivity index (χ4v) is 1.44. The van der Waals surface area contributed by atoms with Crippen molar-refractivity contribution in [2.24, 2.45) is 0 Å². The number of hydrogen-bond donors (Lipinski definition) is 1. The fourth-order valence-electron chi connectivity index (χ4n) is 1.44. The standard InChI is InChI=1S/C11H12N2O/c1-8-7-9(3-4-10(8)12-2)11-13-5-6-14-11/h3-7,12H,1-2H3. The summed E-state index contributed by atoms with van der Waals surface area (Å²) in [7, 11) is 1.91. The lowest BCUT2D eigenvalue weighted by atomic mass is 10.1. The van der Waals surface area contributed by atoms with Gasteiger partial charge in [-0.15, -0.1) is 0 Å². The van der Waals surface area contributed by atoms with Crippen LogP contribution in [0.15, 0.2) is 35.1 Å². The lowest BCUT2D eigenvalue weighted by molar-refractivity contribution is 0.574. The second-order valence-electron chi connectivity index (χ2n) is 3.12. The summed E-state index contributed by atoms with van der Waals surface area (Å²) < 4.78 is 5.22. The van der Waals surface area contributed by atoms with Gasteiger partial charge in [0.1, 0.15) is 6.26 Å². The number of aryl methyl sites for hydroxylation is 1. The number of anilines is 1. The van der Waals surface area contributed by atoms with Gasteiger partial charge < -0.3 is 9.73 Å². The molecule has 0 unspecified atom stereocenters. The molecule has 0 atom stereocenters. The SMILES string of the molecule is CNc1ccc(-c2ncco2)cc1C. The van der Waals surface area contributed by atoms with Crippen LogP contribution in [0, 0.1) is 6.92 Å². The highest BCUT2D eigenvalue weighted by Crippen LogP contribution is 2.22. The maximum Gasteiger partial charge on any atom is 0.225 e. The summed E-state index contributed by atoms with van der Waals surface area (Å²) in [6, 6.07) is 6.07. The molecule has 0 bridgehead atoms. The number of aromatic nitrogens is 1. The summed E-state index contributed by atoms with van der Waals surface area (Å²) in [4.78, 5) is 4.10. The van der Waals surface area contributed by atoms with Crippen molar-refractivity contribution in [3.8, 4) is 11.5 Å². The van der Waals surface area contributed by atoms with Crippen LogP contribution in [0.4, 0.5) is 5.69 Å². The molecule has 1 N–H and O–H groups in total. The maximum atomic E-state index is 5.22. The molecule has 0 radical (unpaired) electrons. The highest BCUT2D eigenvalue weighted by molar-refractivity contribution is 5.62. The Labute approximate surface area is 82.8 Å². The van der Waals surface area contributed by atoms with Gasteiger partial charge in [0.05, 0.1) is 6.20 Å². The van der Waals surface area contributed by atoms with Crippen molar-refractivity contribution in [1.82, 2.24) is 4.98 Å². The van der Waals surface area contributed by atoms with Gasteiger partial charge in [0.25, 0.3) is 0 Å². The van der Waals surface area contributed by atoms with E-state index in [9.17, 15) is 0 Å². The number of benzene rings is 1. The van der Waals surface area contributed by atoms with E-state index >= 15 is 0 Å². The Hall–Kier alpha value is -1.77. The highest BCUT2D eigenvalue weighted by atomic mass is 16.3. The van der Waals surface area contributed by atoms with E-state index in [0.29, 0.717) is 5.89 Å². The molecule has 0 spiro atoms. The minimum Gasteiger partial charge on any atom is -0.445 e. The molecule has 0 saturated heterocycles. The van der Waals surface area contributed by atoms with E-state index < -0.39 is 0 Å². The van der Waals surface area contributed by atoms with E-state index in [1.807, 2.05) is 19.2 Å². The Morgan fingerprint density at radius 2 is 2.21 bits per heavy atom. The second-order valence-corrected chi connectivity index (χ2v) is 3.12. The summed E-state index contributed by atoms with van der Waals surface area (Å²) in [6.07, 6.45) is 3.23. The first-order valence-electron chi connectivity index (χ1n) is 4.49. The monoisotopic (exact) mass is 188 g/mol. The van der Waals surface area contributed by atoms with E-state index in [0.717, 1.165) is 11.3 Å². The normalized spacial score (nSPS) is 10.1. The van der Waals surface area contributed by atoms with E-state index in [4.69, 9.17) is 4.42 Å². The van der Waals surface area contributed by atoms with Crippen LogP contribution in [0.2, 0.25) is 0 Å². The molecule has 3 heteroatoms. The van der Waals surface area contributed by atoms with Crippen LogP contribution in [-0.4, -0.2) is 12.0 Å². The average molecular weight is 188 g/mol. The average Bonchev–Trinajstić information content (AvgIpc) is 2.70. The first-order valence-corrected chi connectivity index (χ1v) is 4.49. The third kappa shape index (κ3) is 1.48. The molecular weight excluding hydrogens is 176 g/mol. The molecule has 0 amide bonds. The zero-order chi connectivity index (χ0) is 9.97. The predicted octanol–water partition coefficient (Wildman–Crippen LogP) is 2.69. The van der Waals surface area contributed by atoms with Crippen LogP contribution in [-0.2, 0) is 0 Å². The Morgan fingerprint density at radius 1 is 1.36 bits per heavy atom. The summed E-state index contributed by atoms with van der Waals surface area (Å²) in [5.74, 6) is 0.663. The predicted molar refractivity (Wildman–Crippen MR) is 56.2 cm³/mol.